The van der Waals surface area contributed by atoms with E-state index in [1.54, 1.807) is 20.3 Å². The normalized spacial score (nSPS) is 29.0. The van der Waals surface area contributed by atoms with Crippen molar-refractivity contribution in [2.45, 2.75) is 70.9 Å². The summed E-state index contributed by atoms with van der Waals surface area (Å²) in [6.07, 6.45) is 7.50. The average molecular weight is 744 g/mol. The summed E-state index contributed by atoms with van der Waals surface area (Å²) in [7, 11) is 3.13. The van der Waals surface area contributed by atoms with Crippen molar-refractivity contribution in [3.05, 3.63) is 82.5 Å². The Bertz CT molecular complexity index is 1960. The van der Waals surface area contributed by atoms with Gasteiger partial charge in [-0.2, -0.15) is 0 Å². The minimum atomic E-state index is -1.64. The molecule has 0 spiro atoms. The number of Topliss-reactive ketones (excluding diaryl/α,β-unsaturated/α-hetero) is 1. The number of ether oxygens (including phenoxy) is 2. The van der Waals surface area contributed by atoms with Crippen LogP contribution in [0.25, 0.3) is 0 Å². The monoisotopic (exact) mass is 743 g/mol. The second-order valence-electron chi connectivity index (χ2n) is 15.7. The maximum atomic E-state index is 14.5. The van der Waals surface area contributed by atoms with Gasteiger partial charge in [0.2, 0.25) is 0 Å². The van der Waals surface area contributed by atoms with Gasteiger partial charge in [0.1, 0.15) is 5.60 Å². The number of carboxylic acids is 2. The highest BCUT2D eigenvalue weighted by atomic mass is 16.5. The quantitative estimate of drug-likeness (QED) is 0.102. The van der Waals surface area contributed by atoms with Gasteiger partial charge in [0.15, 0.2) is 34.6 Å². The Morgan fingerprint density at radius 1 is 0.963 bits per heavy atom. The number of aliphatic carboxylic acids is 2. The highest BCUT2D eigenvalue weighted by molar-refractivity contribution is 6.05. The molecule has 2 fully saturated rings. The number of phenolic OH excluding ortho intramolecular Hbond substituents is 2. The first-order valence-electron chi connectivity index (χ1n) is 18.4. The number of hydrogen-bond donors (Lipinski definition) is 5. The molecule has 0 aliphatic heterocycles. The molecule has 5 N–H and O–H groups in total. The number of carbonyl (C=O) groups excluding carboxylic acids is 2. The molecular formula is C42H49NO11. The molecule has 6 atom stereocenters. The van der Waals surface area contributed by atoms with Gasteiger partial charge >= 0.3 is 11.9 Å². The van der Waals surface area contributed by atoms with Crippen LogP contribution in [0, 0.1) is 28.6 Å². The Balaban J connectivity index is 1.26. The van der Waals surface area contributed by atoms with Crippen LogP contribution in [0.5, 0.6) is 23.0 Å². The smallest absolute Gasteiger partial charge is 0.332 e. The highest BCUT2D eigenvalue weighted by Gasteiger charge is 2.64. The Morgan fingerprint density at radius 2 is 1.69 bits per heavy atom. The first kappa shape index (κ1) is 38.8. The van der Waals surface area contributed by atoms with Crippen molar-refractivity contribution in [2.24, 2.45) is 28.6 Å². The number of rotatable bonds is 13. The van der Waals surface area contributed by atoms with E-state index in [1.807, 2.05) is 36.9 Å². The summed E-state index contributed by atoms with van der Waals surface area (Å²) in [6, 6.07) is 10.2. The standard InChI is InChI=1S/C42H49NO11/c1-40-21-29(28(39(50)51)20-38(48)49)33(45)19-26(40)7-8-27-30(40)11-14-41(2)31(27)12-15-42(41,52)37(47)23-43(22-25-5-9-32(44)34(46)17-25)16-13-24-6-10-35(53-3)36(18-24)54-4/h5-6,9-11,17-20,27,29,31,44,46,52H,7-8,12-16,21-23H2,1-4H3,(H,48,49)(H,50,51)/b28-20-/t27-,29?,31+,40+,41+,42+/m1/s1. The molecule has 12 nitrogen and oxygen atoms in total. The maximum Gasteiger partial charge on any atom is 0.332 e. The third kappa shape index (κ3) is 6.81. The fourth-order valence-electron chi connectivity index (χ4n) is 9.92. The number of carboxylic acid groups (broad SMARTS) is 2. The van der Waals surface area contributed by atoms with Crippen LogP contribution in [-0.2, 0) is 32.1 Å². The van der Waals surface area contributed by atoms with Gasteiger partial charge in [0, 0.05) is 30.0 Å². The van der Waals surface area contributed by atoms with Gasteiger partial charge in [-0.05, 0) is 98.2 Å². The zero-order chi connectivity index (χ0) is 39.2. The maximum absolute atomic E-state index is 14.5. The van der Waals surface area contributed by atoms with Crippen LogP contribution in [0.4, 0.5) is 0 Å². The lowest BCUT2D eigenvalue weighted by atomic mass is 9.49. The molecule has 4 aliphatic rings. The minimum Gasteiger partial charge on any atom is -0.504 e. The summed E-state index contributed by atoms with van der Waals surface area (Å²) >= 11 is 0. The molecule has 12 heteroatoms. The van der Waals surface area contributed by atoms with E-state index in [0.29, 0.717) is 61.8 Å². The van der Waals surface area contributed by atoms with Crippen LogP contribution < -0.4 is 9.47 Å². The first-order valence-corrected chi connectivity index (χ1v) is 18.4. The number of allylic oxidation sites excluding steroid dienone is 4. The third-order valence-corrected chi connectivity index (χ3v) is 12.9. The van der Waals surface area contributed by atoms with Crippen molar-refractivity contribution < 1.29 is 54.2 Å². The number of hydrogen-bond acceptors (Lipinski definition) is 10. The van der Waals surface area contributed by atoms with Crippen LogP contribution in [0.1, 0.15) is 63.5 Å². The number of aliphatic hydroxyl groups is 1. The molecule has 1 unspecified atom stereocenters. The van der Waals surface area contributed by atoms with Crippen LogP contribution in [0.3, 0.4) is 0 Å². The Hall–Kier alpha value is -4.94. The van der Waals surface area contributed by atoms with Gasteiger partial charge in [-0.25, -0.2) is 9.59 Å². The molecule has 0 bridgehead atoms. The number of fused-ring (bicyclic) bond motifs is 5. The summed E-state index contributed by atoms with van der Waals surface area (Å²) in [4.78, 5) is 53.2. The lowest BCUT2D eigenvalue weighted by molar-refractivity contribution is -0.154. The molecule has 54 heavy (non-hydrogen) atoms. The lowest BCUT2D eigenvalue weighted by Crippen LogP contribution is -2.57. The van der Waals surface area contributed by atoms with Gasteiger partial charge < -0.3 is 35.0 Å². The van der Waals surface area contributed by atoms with Crippen LogP contribution in [0.2, 0.25) is 0 Å². The van der Waals surface area contributed by atoms with E-state index in [4.69, 9.17) is 9.47 Å². The zero-order valence-electron chi connectivity index (χ0n) is 31.1. The average Bonchev–Trinajstić information content (AvgIpc) is 3.41. The molecule has 2 aromatic carbocycles. The third-order valence-electron chi connectivity index (χ3n) is 12.9. The van der Waals surface area contributed by atoms with E-state index in [2.05, 4.69) is 6.08 Å². The molecule has 6 rings (SSSR count). The Labute approximate surface area is 314 Å². The lowest BCUT2D eigenvalue weighted by Gasteiger charge is -2.55. The van der Waals surface area contributed by atoms with Crippen LogP contribution >= 0.6 is 0 Å². The summed E-state index contributed by atoms with van der Waals surface area (Å²) in [6.45, 7) is 4.65. The van der Waals surface area contributed by atoms with Crippen molar-refractivity contribution in [2.75, 3.05) is 27.3 Å². The SMILES string of the molecule is COc1ccc(CCN(CC(=O)[C@@]2(O)CC[C@H]3[C@@H]4CCC5=CC(=O)C(/C(=C/C(=O)O)C(=O)O)C[C@]5(C)C4=CC[C@@]32C)Cc2ccc(O)c(O)c2)cc1OC. The number of ketones is 2. The first-order chi connectivity index (χ1) is 25.5. The number of benzene rings is 2. The van der Waals surface area contributed by atoms with Crippen molar-refractivity contribution in [3.8, 4) is 23.0 Å². The van der Waals surface area contributed by atoms with E-state index >= 15 is 0 Å². The van der Waals surface area contributed by atoms with E-state index in [0.717, 1.165) is 16.7 Å². The fraction of sp³-hybridized carbons (Fsp3) is 0.476. The van der Waals surface area contributed by atoms with Crippen molar-refractivity contribution in [3.63, 3.8) is 0 Å². The predicted octanol–water partition coefficient (Wildman–Crippen LogP) is 5.23. The Morgan fingerprint density at radius 3 is 2.35 bits per heavy atom. The zero-order valence-corrected chi connectivity index (χ0v) is 31.1. The van der Waals surface area contributed by atoms with Crippen molar-refractivity contribution in [1.29, 1.82) is 0 Å². The highest BCUT2D eigenvalue weighted by Crippen LogP contribution is 2.66. The van der Waals surface area contributed by atoms with Crippen LogP contribution in [0.15, 0.2) is 71.3 Å². The van der Waals surface area contributed by atoms with E-state index < -0.39 is 45.6 Å². The summed E-state index contributed by atoms with van der Waals surface area (Å²) in [5, 5.41) is 51.8. The second kappa shape index (κ2) is 14.7. The minimum absolute atomic E-state index is 0.0144. The topological polar surface area (TPSA) is 191 Å². The van der Waals surface area contributed by atoms with Crippen molar-refractivity contribution in [1.82, 2.24) is 4.90 Å². The van der Waals surface area contributed by atoms with E-state index in [1.165, 1.54) is 18.2 Å². The number of phenols is 2. The van der Waals surface area contributed by atoms with E-state index in [-0.39, 0.29) is 55.0 Å². The van der Waals surface area contributed by atoms with Gasteiger partial charge in [0.05, 0.1) is 32.3 Å². The number of aromatic hydroxyl groups is 2. The van der Waals surface area contributed by atoms with Gasteiger partial charge in [-0.3, -0.25) is 14.5 Å². The molecule has 288 valence electrons. The molecule has 0 saturated heterocycles. The fourth-order valence-corrected chi connectivity index (χ4v) is 9.92. The molecule has 2 aromatic rings. The number of nitrogens with zero attached hydrogens (tertiary/aromatic N) is 1. The molecule has 0 amide bonds. The molecule has 0 aromatic heterocycles. The summed E-state index contributed by atoms with van der Waals surface area (Å²) in [5.41, 5.74) is 0.0803. The molecule has 4 aliphatic carbocycles. The molecule has 2 saturated carbocycles. The molecule has 0 radical (unpaired) electrons. The number of methoxy groups -OCH3 is 2. The molecular weight excluding hydrogens is 694 g/mol. The van der Waals surface area contributed by atoms with Crippen LogP contribution in [-0.4, -0.2) is 86.8 Å². The van der Waals surface area contributed by atoms with Gasteiger partial charge in [0.25, 0.3) is 0 Å². The van der Waals surface area contributed by atoms with Gasteiger partial charge in [-0.15, -0.1) is 0 Å². The largest absolute Gasteiger partial charge is 0.504 e. The Kier molecular flexibility index (Phi) is 10.6. The molecule has 0 heterocycles. The summed E-state index contributed by atoms with van der Waals surface area (Å²) < 4.78 is 10.9. The van der Waals surface area contributed by atoms with Gasteiger partial charge in [-0.1, -0.05) is 43.2 Å². The van der Waals surface area contributed by atoms with Crippen molar-refractivity contribution >= 4 is 23.5 Å². The summed E-state index contributed by atoms with van der Waals surface area (Å²) in [5.74, 6) is -4.07. The second-order valence-corrected chi connectivity index (χ2v) is 15.7. The predicted molar refractivity (Wildman–Crippen MR) is 197 cm³/mol. The van der Waals surface area contributed by atoms with E-state index in [9.17, 15) is 44.7 Å². The number of carbonyl (C=O) groups is 4.